The molecule has 0 aliphatic carbocycles. The fourth-order valence-electron chi connectivity index (χ4n) is 1.40. The molecule has 1 aromatic rings. The minimum absolute atomic E-state index is 0.0930. The third-order valence-electron chi connectivity index (χ3n) is 2.15. The first-order chi connectivity index (χ1) is 8.12. The van der Waals surface area contributed by atoms with Crippen molar-refractivity contribution in [1.29, 1.82) is 0 Å². The standard InChI is InChI=1S/C11H12Cl2O4S/c1-6(2)17-11(14)9-4-8(12)5-10(7(9)3)18(13,15)16/h4-6H,1-3H3. The Bertz CT molecular complexity index is 579. The molecule has 0 fully saturated rings. The number of ether oxygens (including phenoxy) is 1. The van der Waals surface area contributed by atoms with Crippen molar-refractivity contribution in [3.05, 3.63) is 28.3 Å². The van der Waals surface area contributed by atoms with Crippen LogP contribution in [0.15, 0.2) is 17.0 Å². The Labute approximate surface area is 115 Å². The molecule has 0 bridgehead atoms. The number of rotatable bonds is 3. The second-order valence-electron chi connectivity index (χ2n) is 3.97. The molecule has 18 heavy (non-hydrogen) atoms. The van der Waals surface area contributed by atoms with Crippen LogP contribution >= 0.6 is 22.3 Å². The third kappa shape index (κ3) is 3.60. The number of hydrogen-bond acceptors (Lipinski definition) is 4. The Morgan fingerprint density at radius 1 is 1.33 bits per heavy atom. The van der Waals surface area contributed by atoms with Gasteiger partial charge >= 0.3 is 5.97 Å². The van der Waals surface area contributed by atoms with E-state index in [1.807, 2.05) is 0 Å². The predicted octanol–water partition coefficient (Wildman–Crippen LogP) is 3.14. The second-order valence-corrected chi connectivity index (χ2v) is 6.94. The van der Waals surface area contributed by atoms with Crippen LogP contribution in [0, 0.1) is 6.92 Å². The molecule has 0 aliphatic heterocycles. The fraction of sp³-hybridized carbons (Fsp3) is 0.364. The molecule has 0 atom stereocenters. The molecule has 0 unspecified atom stereocenters. The van der Waals surface area contributed by atoms with E-state index in [1.54, 1.807) is 13.8 Å². The van der Waals surface area contributed by atoms with E-state index in [1.165, 1.54) is 19.1 Å². The molecule has 0 heterocycles. The van der Waals surface area contributed by atoms with Crippen LogP contribution in [-0.4, -0.2) is 20.5 Å². The average Bonchev–Trinajstić information content (AvgIpc) is 2.18. The lowest BCUT2D eigenvalue weighted by molar-refractivity contribution is 0.0376. The maximum atomic E-state index is 11.8. The summed E-state index contributed by atoms with van der Waals surface area (Å²) in [6.45, 7) is 4.86. The molecule has 0 aromatic heterocycles. The van der Waals surface area contributed by atoms with E-state index in [-0.39, 0.29) is 27.1 Å². The van der Waals surface area contributed by atoms with Gasteiger partial charge in [-0.05, 0) is 38.5 Å². The van der Waals surface area contributed by atoms with E-state index in [9.17, 15) is 13.2 Å². The van der Waals surface area contributed by atoms with Gasteiger partial charge in [0.05, 0.1) is 16.6 Å². The summed E-state index contributed by atoms with van der Waals surface area (Å²) < 4.78 is 27.7. The van der Waals surface area contributed by atoms with Crippen LogP contribution in [0.2, 0.25) is 5.02 Å². The third-order valence-corrected chi connectivity index (χ3v) is 3.82. The summed E-state index contributed by atoms with van der Waals surface area (Å²) in [6, 6.07) is 2.55. The summed E-state index contributed by atoms with van der Waals surface area (Å²) in [5, 5.41) is 0.107. The summed E-state index contributed by atoms with van der Waals surface area (Å²) in [5.41, 5.74) is 0.315. The number of halogens is 2. The quantitative estimate of drug-likeness (QED) is 0.635. The molecule has 100 valence electrons. The molecule has 0 N–H and O–H groups in total. The Kier molecular flexibility index (Phi) is 4.64. The van der Waals surface area contributed by atoms with Gasteiger partial charge in [-0.2, -0.15) is 0 Å². The highest BCUT2D eigenvalue weighted by atomic mass is 35.7. The Morgan fingerprint density at radius 2 is 1.89 bits per heavy atom. The highest BCUT2D eigenvalue weighted by Gasteiger charge is 2.21. The van der Waals surface area contributed by atoms with E-state index in [0.29, 0.717) is 0 Å². The van der Waals surface area contributed by atoms with Crippen LogP contribution in [0.1, 0.15) is 29.8 Å². The van der Waals surface area contributed by atoms with E-state index >= 15 is 0 Å². The molecule has 0 aliphatic rings. The second kappa shape index (κ2) is 5.47. The van der Waals surface area contributed by atoms with Crippen molar-refractivity contribution in [1.82, 2.24) is 0 Å². The molecular formula is C11H12Cl2O4S. The highest BCUT2D eigenvalue weighted by molar-refractivity contribution is 8.13. The molecule has 1 rings (SSSR count). The maximum Gasteiger partial charge on any atom is 0.338 e. The molecule has 0 saturated carbocycles. The van der Waals surface area contributed by atoms with Crippen LogP contribution < -0.4 is 0 Å². The molecule has 4 nitrogen and oxygen atoms in total. The first-order valence-corrected chi connectivity index (χ1v) is 7.77. The van der Waals surface area contributed by atoms with Crippen LogP contribution in [0.3, 0.4) is 0 Å². The summed E-state index contributed by atoms with van der Waals surface area (Å²) in [5.74, 6) is -0.633. The van der Waals surface area contributed by atoms with E-state index in [2.05, 4.69) is 0 Å². The van der Waals surface area contributed by atoms with Crippen molar-refractivity contribution >= 4 is 37.3 Å². The predicted molar refractivity (Wildman–Crippen MR) is 69.8 cm³/mol. The van der Waals surface area contributed by atoms with Gasteiger partial charge in [0.25, 0.3) is 9.05 Å². The highest BCUT2D eigenvalue weighted by Crippen LogP contribution is 2.27. The number of carbonyl (C=O) groups excluding carboxylic acids is 1. The van der Waals surface area contributed by atoms with Crippen LogP contribution in [0.5, 0.6) is 0 Å². The molecule has 0 amide bonds. The van der Waals surface area contributed by atoms with Crippen molar-refractivity contribution < 1.29 is 17.9 Å². The maximum absolute atomic E-state index is 11.8. The zero-order valence-electron chi connectivity index (χ0n) is 10.0. The lowest BCUT2D eigenvalue weighted by Gasteiger charge is -2.12. The van der Waals surface area contributed by atoms with Crippen molar-refractivity contribution in [2.75, 3.05) is 0 Å². The van der Waals surface area contributed by atoms with Crippen LogP contribution in [0.4, 0.5) is 0 Å². The molecule has 1 aromatic carbocycles. The Balaban J connectivity index is 3.39. The first-order valence-electron chi connectivity index (χ1n) is 5.08. The van der Waals surface area contributed by atoms with E-state index in [0.717, 1.165) is 0 Å². The average molecular weight is 311 g/mol. The van der Waals surface area contributed by atoms with Gasteiger partial charge in [0, 0.05) is 15.7 Å². The minimum atomic E-state index is -3.96. The number of esters is 1. The smallest absolute Gasteiger partial charge is 0.338 e. The van der Waals surface area contributed by atoms with Gasteiger partial charge < -0.3 is 4.74 Å². The molecule has 7 heteroatoms. The van der Waals surface area contributed by atoms with Crippen LogP contribution in [0.25, 0.3) is 0 Å². The molecule has 0 saturated heterocycles. The number of carbonyl (C=O) groups is 1. The van der Waals surface area contributed by atoms with Gasteiger partial charge in [-0.1, -0.05) is 11.6 Å². The van der Waals surface area contributed by atoms with Crippen molar-refractivity contribution in [3.63, 3.8) is 0 Å². The normalized spacial score (nSPS) is 11.7. The van der Waals surface area contributed by atoms with Gasteiger partial charge in [0.15, 0.2) is 0 Å². The van der Waals surface area contributed by atoms with Crippen molar-refractivity contribution in [2.24, 2.45) is 0 Å². The van der Waals surface area contributed by atoms with Crippen LogP contribution in [-0.2, 0) is 13.8 Å². The number of benzene rings is 1. The summed E-state index contributed by atoms with van der Waals surface area (Å²) in [4.78, 5) is 11.6. The zero-order valence-corrected chi connectivity index (χ0v) is 12.4. The fourth-order valence-corrected chi connectivity index (χ4v) is 2.90. The number of hydrogen-bond donors (Lipinski definition) is 0. The molecular weight excluding hydrogens is 299 g/mol. The van der Waals surface area contributed by atoms with Gasteiger partial charge in [0.1, 0.15) is 0 Å². The SMILES string of the molecule is Cc1c(C(=O)OC(C)C)cc(Cl)cc1S(=O)(=O)Cl. The summed E-state index contributed by atoms with van der Waals surface area (Å²) in [7, 11) is 1.32. The summed E-state index contributed by atoms with van der Waals surface area (Å²) in [6.07, 6.45) is -0.313. The topological polar surface area (TPSA) is 60.4 Å². The summed E-state index contributed by atoms with van der Waals surface area (Å²) >= 11 is 5.78. The first kappa shape index (κ1) is 15.3. The lowest BCUT2D eigenvalue weighted by Crippen LogP contribution is -2.14. The largest absolute Gasteiger partial charge is 0.459 e. The van der Waals surface area contributed by atoms with Gasteiger partial charge in [-0.15, -0.1) is 0 Å². The van der Waals surface area contributed by atoms with E-state index < -0.39 is 15.0 Å². The lowest BCUT2D eigenvalue weighted by atomic mass is 10.1. The molecule has 0 spiro atoms. The Hall–Kier alpha value is -0.780. The zero-order chi connectivity index (χ0) is 14.1. The monoisotopic (exact) mass is 310 g/mol. The van der Waals surface area contributed by atoms with Gasteiger partial charge in [-0.25, -0.2) is 13.2 Å². The molecule has 0 radical (unpaired) electrons. The Morgan fingerprint density at radius 3 is 2.33 bits per heavy atom. The van der Waals surface area contributed by atoms with Crippen molar-refractivity contribution in [3.8, 4) is 0 Å². The van der Waals surface area contributed by atoms with Gasteiger partial charge in [0.2, 0.25) is 0 Å². The van der Waals surface area contributed by atoms with Gasteiger partial charge in [-0.3, -0.25) is 0 Å². The van der Waals surface area contributed by atoms with E-state index in [4.69, 9.17) is 27.0 Å². The minimum Gasteiger partial charge on any atom is -0.459 e. The van der Waals surface area contributed by atoms with Crippen molar-refractivity contribution in [2.45, 2.75) is 31.8 Å².